The molecule has 0 amide bonds. The normalized spacial score (nSPS) is 10.5. The zero-order chi connectivity index (χ0) is 14.9. The van der Waals surface area contributed by atoms with Crippen LogP contribution in [-0.2, 0) is 13.1 Å². The molecule has 116 valence electrons. The number of nitrogens with one attached hydrogen (secondary N) is 2. The summed E-state index contributed by atoms with van der Waals surface area (Å²) in [4.78, 5) is 5.83. The first kappa shape index (κ1) is 18.5. The number of benzene rings is 1. The molecule has 0 spiro atoms. The Bertz CT molecular complexity index is 615. The van der Waals surface area contributed by atoms with Crippen molar-refractivity contribution in [1.29, 1.82) is 5.26 Å². The number of aliphatic imine (C=N–C) groups is 1. The second-order valence-electron chi connectivity index (χ2n) is 4.44. The standard InChI is InChI=1S/C16H18N4S.HI/c1-2-18-16(20-12-15-4-3-9-21-15)19-11-14-7-5-13(10-17)6-8-14;/h3-9H,2,11-12H2,1H3,(H2,18,19,20);1H. The molecule has 0 fully saturated rings. The lowest BCUT2D eigenvalue weighted by Gasteiger charge is -2.10. The van der Waals surface area contributed by atoms with Gasteiger partial charge in [-0.15, -0.1) is 35.3 Å². The van der Waals surface area contributed by atoms with Gasteiger partial charge in [-0.05, 0) is 36.1 Å². The molecule has 22 heavy (non-hydrogen) atoms. The highest BCUT2D eigenvalue weighted by molar-refractivity contribution is 14.0. The van der Waals surface area contributed by atoms with Gasteiger partial charge in [-0.25, -0.2) is 4.99 Å². The van der Waals surface area contributed by atoms with Crippen LogP contribution in [0.1, 0.15) is 22.9 Å². The summed E-state index contributed by atoms with van der Waals surface area (Å²) < 4.78 is 0. The average Bonchev–Trinajstić information content (AvgIpc) is 3.04. The van der Waals surface area contributed by atoms with Crippen molar-refractivity contribution in [3.05, 3.63) is 57.8 Å². The first-order chi connectivity index (χ1) is 10.3. The number of halogens is 1. The van der Waals surface area contributed by atoms with Crippen LogP contribution < -0.4 is 10.6 Å². The maximum atomic E-state index is 8.78. The van der Waals surface area contributed by atoms with Crippen molar-refractivity contribution in [3.63, 3.8) is 0 Å². The Morgan fingerprint density at radius 2 is 2.00 bits per heavy atom. The Morgan fingerprint density at radius 1 is 1.23 bits per heavy atom. The molecule has 1 aromatic heterocycles. The molecule has 4 nitrogen and oxygen atoms in total. The molecule has 0 bridgehead atoms. The zero-order valence-electron chi connectivity index (χ0n) is 12.4. The van der Waals surface area contributed by atoms with Gasteiger partial charge in [0, 0.05) is 11.4 Å². The highest BCUT2D eigenvalue weighted by Crippen LogP contribution is 2.07. The van der Waals surface area contributed by atoms with Crippen LogP contribution in [0.15, 0.2) is 46.8 Å². The largest absolute Gasteiger partial charge is 0.357 e. The number of hydrogen-bond donors (Lipinski definition) is 2. The fourth-order valence-corrected chi connectivity index (χ4v) is 2.43. The van der Waals surface area contributed by atoms with Crippen LogP contribution in [-0.4, -0.2) is 12.5 Å². The molecule has 1 aromatic carbocycles. The van der Waals surface area contributed by atoms with Crippen LogP contribution in [0, 0.1) is 11.3 Å². The number of thiophene rings is 1. The molecule has 0 atom stereocenters. The van der Waals surface area contributed by atoms with Gasteiger partial charge in [-0.3, -0.25) is 0 Å². The van der Waals surface area contributed by atoms with Gasteiger partial charge in [-0.2, -0.15) is 5.26 Å². The van der Waals surface area contributed by atoms with Gasteiger partial charge < -0.3 is 10.6 Å². The maximum absolute atomic E-state index is 8.78. The fourth-order valence-electron chi connectivity index (χ4n) is 1.78. The molecular formula is C16H19IN4S. The Kier molecular flexibility index (Phi) is 8.55. The third-order valence-corrected chi connectivity index (χ3v) is 3.73. The second-order valence-corrected chi connectivity index (χ2v) is 5.47. The summed E-state index contributed by atoms with van der Waals surface area (Å²) in [6, 6.07) is 13.8. The van der Waals surface area contributed by atoms with E-state index in [0.29, 0.717) is 12.1 Å². The number of rotatable bonds is 5. The topological polar surface area (TPSA) is 60.2 Å². The van der Waals surface area contributed by atoms with Gasteiger partial charge in [-0.1, -0.05) is 18.2 Å². The monoisotopic (exact) mass is 426 g/mol. The Morgan fingerprint density at radius 3 is 2.59 bits per heavy atom. The van der Waals surface area contributed by atoms with Crippen LogP contribution in [0.25, 0.3) is 0 Å². The average molecular weight is 426 g/mol. The van der Waals surface area contributed by atoms with E-state index in [2.05, 4.69) is 33.1 Å². The highest BCUT2D eigenvalue weighted by Gasteiger charge is 1.99. The molecule has 0 aliphatic heterocycles. The minimum absolute atomic E-state index is 0. The van der Waals surface area contributed by atoms with Gasteiger partial charge in [0.15, 0.2) is 5.96 Å². The minimum Gasteiger partial charge on any atom is -0.357 e. The molecule has 6 heteroatoms. The minimum atomic E-state index is 0. The number of guanidine groups is 1. The van der Waals surface area contributed by atoms with Gasteiger partial charge >= 0.3 is 0 Å². The second kappa shape index (κ2) is 10.2. The summed E-state index contributed by atoms with van der Waals surface area (Å²) in [5.74, 6) is 0.801. The number of hydrogen-bond acceptors (Lipinski definition) is 3. The van der Waals surface area contributed by atoms with E-state index in [1.165, 1.54) is 4.88 Å². The lowest BCUT2D eigenvalue weighted by atomic mass is 10.1. The third-order valence-electron chi connectivity index (χ3n) is 2.86. The van der Waals surface area contributed by atoms with E-state index in [1.54, 1.807) is 11.3 Å². The lowest BCUT2D eigenvalue weighted by Crippen LogP contribution is -2.36. The molecule has 2 rings (SSSR count). The van der Waals surface area contributed by atoms with Gasteiger partial charge in [0.05, 0.1) is 24.7 Å². The molecule has 2 aromatic rings. The molecule has 0 aliphatic carbocycles. The van der Waals surface area contributed by atoms with Crippen LogP contribution in [0.2, 0.25) is 0 Å². The molecule has 0 radical (unpaired) electrons. The summed E-state index contributed by atoms with van der Waals surface area (Å²) in [6.45, 7) is 4.23. The van der Waals surface area contributed by atoms with E-state index in [1.807, 2.05) is 37.3 Å². The van der Waals surface area contributed by atoms with E-state index < -0.39 is 0 Å². The first-order valence-electron chi connectivity index (χ1n) is 6.85. The summed E-state index contributed by atoms with van der Waals surface area (Å²) >= 11 is 1.73. The maximum Gasteiger partial charge on any atom is 0.191 e. The van der Waals surface area contributed by atoms with E-state index in [-0.39, 0.29) is 24.0 Å². The Balaban J connectivity index is 0.00000242. The van der Waals surface area contributed by atoms with Crippen molar-refractivity contribution in [1.82, 2.24) is 10.6 Å². The molecule has 0 saturated carbocycles. The van der Waals surface area contributed by atoms with Crippen LogP contribution >= 0.6 is 35.3 Å². The number of nitriles is 1. The van der Waals surface area contributed by atoms with Gasteiger partial charge in [0.2, 0.25) is 0 Å². The van der Waals surface area contributed by atoms with Crippen LogP contribution in [0.3, 0.4) is 0 Å². The van der Waals surface area contributed by atoms with Crippen molar-refractivity contribution in [2.75, 3.05) is 6.54 Å². The first-order valence-corrected chi connectivity index (χ1v) is 7.73. The van der Waals surface area contributed by atoms with E-state index in [9.17, 15) is 0 Å². The molecule has 2 N–H and O–H groups in total. The fraction of sp³-hybridized carbons (Fsp3) is 0.250. The van der Waals surface area contributed by atoms with Crippen molar-refractivity contribution in [3.8, 4) is 6.07 Å². The van der Waals surface area contributed by atoms with E-state index >= 15 is 0 Å². The lowest BCUT2D eigenvalue weighted by molar-refractivity contribution is 0.823. The molecule has 1 heterocycles. The Hall–Kier alpha value is -1.59. The highest BCUT2D eigenvalue weighted by atomic mass is 127. The van der Waals surface area contributed by atoms with Gasteiger partial charge in [0.1, 0.15) is 0 Å². The van der Waals surface area contributed by atoms with Crippen LogP contribution in [0.5, 0.6) is 0 Å². The quantitative estimate of drug-likeness (QED) is 0.437. The number of nitrogens with zero attached hydrogens (tertiary/aromatic N) is 2. The third kappa shape index (κ3) is 6.03. The van der Waals surface area contributed by atoms with E-state index in [4.69, 9.17) is 5.26 Å². The predicted molar refractivity (Wildman–Crippen MR) is 103 cm³/mol. The zero-order valence-corrected chi connectivity index (χ0v) is 15.5. The summed E-state index contributed by atoms with van der Waals surface area (Å²) in [5.41, 5.74) is 1.76. The molecular weight excluding hydrogens is 407 g/mol. The molecule has 0 aliphatic rings. The summed E-state index contributed by atoms with van der Waals surface area (Å²) in [5, 5.41) is 17.4. The van der Waals surface area contributed by atoms with Gasteiger partial charge in [0.25, 0.3) is 0 Å². The summed E-state index contributed by atoms with van der Waals surface area (Å²) in [6.07, 6.45) is 0. The van der Waals surface area contributed by atoms with Crippen LogP contribution in [0.4, 0.5) is 0 Å². The van der Waals surface area contributed by atoms with Crippen molar-refractivity contribution >= 4 is 41.3 Å². The predicted octanol–water partition coefficient (Wildman–Crippen LogP) is 3.49. The molecule has 0 saturated heterocycles. The summed E-state index contributed by atoms with van der Waals surface area (Å²) in [7, 11) is 0. The molecule has 0 unspecified atom stereocenters. The van der Waals surface area contributed by atoms with E-state index in [0.717, 1.165) is 24.6 Å². The SMILES string of the molecule is CCNC(=NCc1ccc(C#N)cc1)NCc1cccs1.I. The van der Waals surface area contributed by atoms with Crippen molar-refractivity contribution in [2.24, 2.45) is 4.99 Å². The Labute approximate surface area is 152 Å². The van der Waals surface area contributed by atoms with Crippen molar-refractivity contribution in [2.45, 2.75) is 20.0 Å². The van der Waals surface area contributed by atoms with Crippen molar-refractivity contribution < 1.29 is 0 Å². The smallest absolute Gasteiger partial charge is 0.191 e.